The van der Waals surface area contributed by atoms with Gasteiger partial charge < -0.3 is 15.2 Å². The molecule has 0 aliphatic heterocycles. The molecule has 1 unspecified atom stereocenters. The largest absolute Gasteiger partial charge is 0.495 e. The van der Waals surface area contributed by atoms with Gasteiger partial charge in [-0.1, -0.05) is 23.7 Å². The van der Waals surface area contributed by atoms with Gasteiger partial charge in [0.15, 0.2) is 0 Å². The molecule has 1 aromatic heterocycles. The van der Waals surface area contributed by atoms with Gasteiger partial charge in [0, 0.05) is 31.6 Å². The molecule has 5 heteroatoms. The van der Waals surface area contributed by atoms with Gasteiger partial charge in [-0.2, -0.15) is 0 Å². The lowest BCUT2D eigenvalue weighted by atomic mass is 10.0. The molecule has 1 atom stereocenters. The minimum absolute atomic E-state index is 0.132. The van der Waals surface area contributed by atoms with E-state index in [0.717, 1.165) is 24.2 Å². The fourth-order valence-corrected chi connectivity index (χ4v) is 2.54. The zero-order valence-corrected chi connectivity index (χ0v) is 13.4. The van der Waals surface area contributed by atoms with Gasteiger partial charge in [0.05, 0.1) is 12.1 Å². The van der Waals surface area contributed by atoms with Crippen molar-refractivity contribution in [3.63, 3.8) is 0 Å². The summed E-state index contributed by atoms with van der Waals surface area (Å²) in [5, 5.41) is 13.4. The smallest absolute Gasteiger partial charge is 0.137 e. The van der Waals surface area contributed by atoms with E-state index in [0.29, 0.717) is 17.3 Å². The van der Waals surface area contributed by atoms with Crippen molar-refractivity contribution in [2.45, 2.75) is 13.0 Å². The van der Waals surface area contributed by atoms with Crippen LogP contribution in [0.3, 0.4) is 0 Å². The Kier molecular flexibility index (Phi) is 6.65. The lowest BCUT2D eigenvalue weighted by Gasteiger charge is -2.15. The molecule has 0 spiro atoms. The number of nitrogens with zero attached hydrogens (tertiary/aromatic N) is 1. The van der Waals surface area contributed by atoms with Gasteiger partial charge in [-0.3, -0.25) is 4.98 Å². The molecule has 0 saturated carbocycles. The van der Waals surface area contributed by atoms with Crippen LogP contribution in [0.1, 0.15) is 11.3 Å². The Labute approximate surface area is 136 Å². The third kappa shape index (κ3) is 4.98. The molecule has 2 N–H and O–H groups in total. The molecule has 118 valence electrons. The van der Waals surface area contributed by atoms with Crippen LogP contribution >= 0.6 is 11.6 Å². The number of halogens is 1. The fourth-order valence-electron chi connectivity index (χ4n) is 2.26. The Bertz CT molecular complexity index is 578. The van der Waals surface area contributed by atoms with Crippen LogP contribution in [0.4, 0.5) is 0 Å². The van der Waals surface area contributed by atoms with E-state index in [9.17, 15) is 5.11 Å². The molecular weight excluding hydrogens is 300 g/mol. The summed E-state index contributed by atoms with van der Waals surface area (Å²) in [5.41, 5.74) is 2.08. The highest BCUT2D eigenvalue weighted by molar-refractivity contribution is 6.32. The molecule has 4 nitrogen and oxygen atoms in total. The molecule has 0 saturated heterocycles. The van der Waals surface area contributed by atoms with Crippen molar-refractivity contribution in [1.29, 1.82) is 0 Å². The summed E-state index contributed by atoms with van der Waals surface area (Å²) >= 11 is 6.10. The highest BCUT2D eigenvalue weighted by atomic mass is 35.5. The number of aliphatic hydroxyl groups is 1. The van der Waals surface area contributed by atoms with Crippen LogP contribution < -0.4 is 10.1 Å². The van der Waals surface area contributed by atoms with Crippen molar-refractivity contribution < 1.29 is 9.84 Å². The number of aliphatic hydroxyl groups excluding tert-OH is 1. The topological polar surface area (TPSA) is 54.4 Å². The first kappa shape index (κ1) is 16.7. The minimum Gasteiger partial charge on any atom is -0.495 e. The van der Waals surface area contributed by atoms with Gasteiger partial charge in [0.1, 0.15) is 5.75 Å². The second kappa shape index (κ2) is 8.73. The first-order chi connectivity index (χ1) is 10.7. The quantitative estimate of drug-likeness (QED) is 0.785. The van der Waals surface area contributed by atoms with Gasteiger partial charge in [-0.05, 0) is 42.2 Å². The summed E-state index contributed by atoms with van der Waals surface area (Å²) in [6.45, 7) is 1.55. The van der Waals surface area contributed by atoms with Gasteiger partial charge in [0.25, 0.3) is 0 Å². The third-order valence-corrected chi connectivity index (χ3v) is 3.76. The Hall–Kier alpha value is -1.62. The zero-order chi connectivity index (χ0) is 15.8. The average Bonchev–Trinajstić information content (AvgIpc) is 2.55. The Morgan fingerprint density at radius 1 is 1.32 bits per heavy atom. The number of ether oxygens (including phenoxy) is 1. The Morgan fingerprint density at radius 3 is 2.82 bits per heavy atom. The summed E-state index contributed by atoms with van der Waals surface area (Å²) in [4.78, 5) is 4.29. The zero-order valence-electron chi connectivity index (χ0n) is 12.6. The fraction of sp³-hybridized carbons (Fsp3) is 0.353. The van der Waals surface area contributed by atoms with Gasteiger partial charge in [0.2, 0.25) is 0 Å². The standard InChI is InChI=1S/C17H21ClN2O2/c1-22-17-6-5-13(9-16(17)18)10-19-11-14(12-21)8-15-4-2-3-7-20-15/h2-7,9,14,19,21H,8,10-12H2,1H3. The van der Waals surface area contributed by atoms with Crippen molar-refractivity contribution in [2.24, 2.45) is 5.92 Å². The van der Waals surface area contributed by atoms with Crippen LogP contribution in [0.2, 0.25) is 5.02 Å². The first-order valence-corrected chi connectivity index (χ1v) is 7.64. The van der Waals surface area contributed by atoms with Crippen molar-refractivity contribution >= 4 is 11.6 Å². The second-order valence-corrected chi connectivity index (χ2v) is 5.58. The van der Waals surface area contributed by atoms with Gasteiger partial charge >= 0.3 is 0 Å². The van der Waals surface area contributed by atoms with Crippen molar-refractivity contribution in [2.75, 3.05) is 20.3 Å². The van der Waals surface area contributed by atoms with E-state index in [4.69, 9.17) is 16.3 Å². The Morgan fingerprint density at radius 2 is 2.18 bits per heavy atom. The van der Waals surface area contributed by atoms with E-state index in [2.05, 4.69) is 10.3 Å². The third-order valence-electron chi connectivity index (χ3n) is 3.46. The SMILES string of the molecule is COc1ccc(CNCC(CO)Cc2ccccn2)cc1Cl. The summed E-state index contributed by atoms with van der Waals surface area (Å²) in [6.07, 6.45) is 2.53. The number of rotatable bonds is 8. The molecule has 0 fully saturated rings. The van der Waals surface area contributed by atoms with Crippen LogP contribution in [-0.4, -0.2) is 30.4 Å². The van der Waals surface area contributed by atoms with Crippen LogP contribution in [-0.2, 0) is 13.0 Å². The Balaban J connectivity index is 1.82. The van der Waals surface area contributed by atoms with Gasteiger partial charge in [-0.25, -0.2) is 0 Å². The monoisotopic (exact) mass is 320 g/mol. The summed E-state index contributed by atoms with van der Waals surface area (Å²) in [5.74, 6) is 0.817. The molecule has 0 radical (unpaired) electrons. The van der Waals surface area contributed by atoms with Crippen molar-refractivity contribution in [3.8, 4) is 5.75 Å². The van der Waals surface area contributed by atoms with E-state index in [1.54, 1.807) is 13.3 Å². The first-order valence-electron chi connectivity index (χ1n) is 7.27. The number of methoxy groups -OCH3 is 1. The highest BCUT2D eigenvalue weighted by Gasteiger charge is 2.09. The minimum atomic E-state index is 0.132. The highest BCUT2D eigenvalue weighted by Crippen LogP contribution is 2.24. The molecule has 0 aliphatic rings. The number of benzene rings is 1. The molecule has 0 amide bonds. The summed E-state index contributed by atoms with van der Waals surface area (Å²) in [6, 6.07) is 11.6. The van der Waals surface area contributed by atoms with E-state index in [1.807, 2.05) is 36.4 Å². The lowest BCUT2D eigenvalue weighted by molar-refractivity contribution is 0.220. The summed E-state index contributed by atoms with van der Waals surface area (Å²) in [7, 11) is 1.60. The molecule has 2 rings (SSSR count). The van der Waals surface area contributed by atoms with Crippen LogP contribution in [0, 0.1) is 5.92 Å². The number of aromatic nitrogens is 1. The normalized spacial score (nSPS) is 12.1. The molecule has 1 heterocycles. The molecule has 22 heavy (non-hydrogen) atoms. The van der Waals surface area contributed by atoms with Crippen LogP contribution in [0.15, 0.2) is 42.6 Å². The molecule has 1 aromatic carbocycles. The maximum Gasteiger partial charge on any atom is 0.137 e. The molecular formula is C17H21ClN2O2. The summed E-state index contributed by atoms with van der Waals surface area (Å²) < 4.78 is 5.13. The number of pyridine rings is 1. The maximum absolute atomic E-state index is 9.49. The van der Waals surface area contributed by atoms with Crippen LogP contribution in [0.25, 0.3) is 0 Å². The maximum atomic E-state index is 9.49. The molecule has 0 aliphatic carbocycles. The number of hydrogen-bond donors (Lipinski definition) is 2. The van der Waals surface area contributed by atoms with E-state index in [1.165, 1.54) is 0 Å². The predicted molar refractivity (Wildman–Crippen MR) is 88.2 cm³/mol. The number of hydrogen-bond acceptors (Lipinski definition) is 4. The van der Waals surface area contributed by atoms with E-state index in [-0.39, 0.29) is 12.5 Å². The van der Waals surface area contributed by atoms with Gasteiger partial charge in [-0.15, -0.1) is 0 Å². The predicted octanol–water partition coefficient (Wildman–Crippen LogP) is 2.68. The second-order valence-electron chi connectivity index (χ2n) is 5.17. The average molecular weight is 321 g/mol. The van der Waals surface area contributed by atoms with E-state index >= 15 is 0 Å². The van der Waals surface area contributed by atoms with E-state index < -0.39 is 0 Å². The lowest BCUT2D eigenvalue weighted by Crippen LogP contribution is -2.26. The van der Waals surface area contributed by atoms with Crippen LogP contribution in [0.5, 0.6) is 5.75 Å². The van der Waals surface area contributed by atoms with Crippen molar-refractivity contribution in [3.05, 3.63) is 58.9 Å². The number of nitrogens with one attached hydrogen (secondary N) is 1. The van der Waals surface area contributed by atoms with Crippen molar-refractivity contribution in [1.82, 2.24) is 10.3 Å². The molecule has 2 aromatic rings. The molecule has 0 bridgehead atoms.